The summed E-state index contributed by atoms with van der Waals surface area (Å²) in [6, 6.07) is 9.02. The molecule has 0 amide bonds. The average molecular weight is 326 g/mol. The van der Waals surface area contributed by atoms with Crippen LogP contribution in [0.1, 0.15) is 22.7 Å². The van der Waals surface area contributed by atoms with Gasteiger partial charge in [-0.15, -0.1) is 0 Å². The summed E-state index contributed by atoms with van der Waals surface area (Å²) in [5.41, 5.74) is 8.69. The molecule has 0 aromatic heterocycles. The lowest BCUT2D eigenvalue weighted by atomic mass is 9.99. The molecule has 0 saturated carbocycles. The fourth-order valence-electron chi connectivity index (χ4n) is 1.94. The van der Waals surface area contributed by atoms with Crippen LogP contribution in [0.3, 0.4) is 0 Å². The summed E-state index contributed by atoms with van der Waals surface area (Å²) in [7, 11) is 0. The fraction of sp³-hybridized carbons (Fsp3) is 0.200. The normalized spacial score (nSPS) is 12.5. The standard InChI is InChI=1S/C15H14BrF2N/c1-9-2-3-11(7-14(9)16)15(19)6-10-4-12(17)8-13(18)5-10/h2-5,7-8,15H,6,19H2,1H3. The molecule has 0 aliphatic heterocycles. The van der Waals surface area contributed by atoms with E-state index in [9.17, 15) is 8.78 Å². The second kappa shape index (κ2) is 5.80. The van der Waals surface area contributed by atoms with Gasteiger partial charge in [0, 0.05) is 16.6 Å². The van der Waals surface area contributed by atoms with Gasteiger partial charge in [-0.3, -0.25) is 0 Å². The van der Waals surface area contributed by atoms with Crippen molar-refractivity contribution in [1.29, 1.82) is 0 Å². The number of aryl methyl sites for hydroxylation is 1. The summed E-state index contributed by atoms with van der Waals surface area (Å²) in [5, 5.41) is 0. The van der Waals surface area contributed by atoms with Crippen molar-refractivity contribution in [2.75, 3.05) is 0 Å². The third-order valence-corrected chi connectivity index (χ3v) is 3.86. The van der Waals surface area contributed by atoms with Crippen molar-refractivity contribution < 1.29 is 8.78 Å². The van der Waals surface area contributed by atoms with E-state index in [1.807, 2.05) is 25.1 Å². The van der Waals surface area contributed by atoms with Gasteiger partial charge in [-0.2, -0.15) is 0 Å². The van der Waals surface area contributed by atoms with Gasteiger partial charge in [-0.05, 0) is 48.2 Å². The van der Waals surface area contributed by atoms with Gasteiger partial charge in [-0.1, -0.05) is 28.1 Å². The second-order valence-corrected chi connectivity index (χ2v) is 5.45. The molecule has 1 unspecified atom stereocenters. The van der Waals surface area contributed by atoms with Crippen LogP contribution in [-0.4, -0.2) is 0 Å². The van der Waals surface area contributed by atoms with Gasteiger partial charge in [0.15, 0.2) is 0 Å². The van der Waals surface area contributed by atoms with Crippen molar-refractivity contribution in [2.24, 2.45) is 5.73 Å². The van der Waals surface area contributed by atoms with Crippen LogP contribution in [0, 0.1) is 18.6 Å². The maximum Gasteiger partial charge on any atom is 0.126 e. The molecule has 2 rings (SSSR count). The lowest BCUT2D eigenvalue weighted by Crippen LogP contribution is -2.13. The Morgan fingerprint density at radius 3 is 2.32 bits per heavy atom. The Morgan fingerprint density at radius 1 is 1.11 bits per heavy atom. The van der Waals surface area contributed by atoms with E-state index in [2.05, 4.69) is 15.9 Å². The van der Waals surface area contributed by atoms with Crippen molar-refractivity contribution in [3.8, 4) is 0 Å². The van der Waals surface area contributed by atoms with Crippen LogP contribution < -0.4 is 5.73 Å². The van der Waals surface area contributed by atoms with E-state index in [0.717, 1.165) is 21.7 Å². The minimum Gasteiger partial charge on any atom is -0.324 e. The molecule has 1 nitrogen and oxygen atoms in total. The molecule has 2 aromatic rings. The maximum atomic E-state index is 13.1. The Bertz CT molecular complexity index is 578. The molecule has 0 spiro atoms. The topological polar surface area (TPSA) is 26.0 Å². The first-order valence-electron chi connectivity index (χ1n) is 5.92. The van der Waals surface area contributed by atoms with Crippen LogP contribution in [0.5, 0.6) is 0 Å². The molecule has 19 heavy (non-hydrogen) atoms. The first-order chi connectivity index (χ1) is 8.95. The smallest absolute Gasteiger partial charge is 0.126 e. The molecule has 0 aliphatic carbocycles. The van der Waals surface area contributed by atoms with E-state index in [1.165, 1.54) is 12.1 Å². The van der Waals surface area contributed by atoms with Gasteiger partial charge in [0.2, 0.25) is 0 Å². The van der Waals surface area contributed by atoms with Crippen molar-refractivity contribution in [3.63, 3.8) is 0 Å². The number of hydrogen-bond acceptors (Lipinski definition) is 1. The van der Waals surface area contributed by atoms with Crippen molar-refractivity contribution >= 4 is 15.9 Å². The van der Waals surface area contributed by atoms with E-state index in [4.69, 9.17) is 5.73 Å². The molecule has 2 N–H and O–H groups in total. The number of rotatable bonds is 3. The minimum atomic E-state index is -0.577. The quantitative estimate of drug-likeness (QED) is 0.895. The number of halogens is 3. The monoisotopic (exact) mass is 325 g/mol. The molecule has 0 bridgehead atoms. The summed E-state index contributed by atoms with van der Waals surface area (Å²) in [5.74, 6) is -1.15. The Hall–Kier alpha value is -1.26. The Kier molecular flexibility index (Phi) is 4.32. The molecular weight excluding hydrogens is 312 g/mol. The van der Waals surface area contributed by atoms with Crippen LogP contribution in [0.15, 0.2) is 40.9 Å². The van der Waals surface area contributed by atoms with Crippen LogP contribution >= 0.6 is 15.9 Å². The Morgan fingerprint density at radius 2 is 1.74 bits per heavy atom. The van der Waals surface area contributed by atoms with Crippen LogP contribution in [0.2, 0.25) is 0 Å². The lowest BCUT2D eigenvalue weighted by molar-refractivity contribution is 0.576. The first-order valence-corrected chi connectivity index (χ1v) is 6.71. The predicted octanol–water partition coefficient (Wildman–Crippen LogP) is 4.28. The third-order valence-electron chi connectivity index (χ3n) is 3.00. The zero-order chi connectivity index (χ0) is 14.0. The molecule has 2 aromatic carbocycles. The zero-order valence-electron chi connectivity index (χ0n) is 10.5. The van der Waals surface area contributed by atoms with E-state index >= 15 is 0 Å². The highest BCUT2D eigenvalue weighted by Crippen LogP contribution is 2.23. The molecule has 100 valence electrons. The van der Waals surface area contributed by atoms with Gasteiger partial charge < -0.3 is 5.73 Å². The van der Waals surface area contributed by atoms with Gasteiger partial charge in [0.05, 0.1) is 0 Å². The molecular formula is C15H14BrF2N. The summed E-state index contributed by atoms with van der Waals surface area (Å²) < 4.78 is 27.2. The van der Waals surface area contributed by atoms with Crippen LogP contribution in [-0.2, 0) is 6.42 Å². The zero-order valence-corrected chi connectivity index (χ0v) is 12.0. The maximum absolute atomic E-state index is 13.1. The summed E-state index contributed by atoms with van der Waals surface area (Å²) >= 11 is 3.45. The second-order valence-electron chi connectivity index (χ2n) is 4.60. The van der Waals surface area contributed by atoms with Crippen molar-refractivity contribution in [3.05, 3.63) is 69.2 Å². The van der Waals surface area contributed by atoms with Gasteiger partial charge >= 0.3 is 0 Å². The lowest BCUT2D eigenvalue weighted by Gasteiger charge is -2.13. The molecule has 0 fully saturated rings. The Labute approximate surface area is 119 Å². The van der Waals surface area contributed by atoms with Crippen LogP contribution in [0.25, 0.3) is 0 Å². The van der Waals surface area contributed by atoms with E-state index in [-0.39, 0.29) is 6.04 Å². The molecule has 0 aliphatic rings. The van der Waals surface area contributed by atoms with Gasteiger partial charge in [0.1, 0.15) is 11.6 Å². The summed E-state index contributed by atoms with van der Waals surface area (Å²) in [6.45, 7) is 1.99. The van der Waals surface area contributed by atoms with E-state index < -0.39 is 11.6 Å². The average Bonchev–Trinajstić information content (AvgIpc) is 2.31. The predicted molar refractivity (Wildman–Crippen MR) is 75.9 cm³/mol. The highest BCUT2D eigenvalue weighted by atomic mass is 79.9. The van der Waals surface area contributed by atoms with Gasteiger partial charge in [-0.25, -0.2) is 8.78 Å². The molecule has 0 saturated heterocycles. The van der Waals surface area contributed by atoms with E-state index in [0.29, 0.717) is 12.0 Å². The highest BCUT2D eigenvalue weighted by molar-refractivity contribution is 9.10. The number of benzene rings is 2. The number of nitrogens with two attached hydrogens (primary N) is 1. The van der Waals surface area contributed by atoms with Gasteiger partial charge in [0.25, 0.3) is 0 Å². The summed E-state index contributed by atoms with van der Waals surface area (Å²) in [6.07, 6.45) is 0.393. The molecule has 0 heterocycles. The summed E-state index contributed by atoms with van der Waals surface area (Å²) in [4.78, 5) is 0. The minimum absolute atomic E-state index is 0.293. The fourth-order valence-corrected chi connectivity index (χ4v) is 2.34. The Balaban J connectivity index is 2.20. The van der Waals surface area contributed by atoms with E-state index in [1.54, 1.807) is 0 Å². The SMILES string of the molecule is Cc1ccc(C(N)Cc2cc(F)cc(F)c2)cc1Br. The van der Waals surface area contributed by atoms with Crippen LogP contribution in [0.4, 0.5) is 8.78 Å². The third kappa shape index (κ3) is 3.61. The van der Waals surface area contributed by atoms with Crippen molar-refractivity contribution in [1.82, 2.24) is 0 Å². The molecule has 4 heteroatoms. The number of hydrogen-bond donors (Lipinski definition) is 1. The molecule has 0 radical (unpaired) electrons. The van der Waals surface area contributed by atoms with Crippen molar-refractivity contribution in [2.45, 2.75) is 19.4 Å². The highest BCUT2D eigenvalue weighted by Gasteiger charge is 2.10. The molecule has 1 atom stereocenters. The largest absolute Gasteiger partial charge is 0.324 e. The first kappa shape index (κ1) is 14.2.